The lowest BCUT2D eigenvalue weighted by Crippen LogP contribution is -2.47. The van der Waals surface area contributed by atoms with Gasteiger partial charge in [0.15, 0.2) is 0 Å². The van der Waals surface area contributed by atoms with Gasteiger partial charge in [0.1, 0.15) is 9.24 Å². The number of primary amides is 1. The molecule has 1 fully saturated rings. The normalized spacial score (nSPS) is 21.5. The number of hydroxylamine groups is 2. The van der Waals surface area contributed by atoms with Gasteiger partial charge in [-0.15, -0.1) is 0 Å². The Morgan fingerprint density at radius 3 is 2.71 bits per heavy atom. The average Bonchev–Trinajstić information content (AvgIpc) is 2.94. The zero-order chi connectivity index (χ0) is 14.9. The van der Waals surface area contributed by atoms with Gasteiger partial charge < -0.3 is 5.73 Å². The second-order valence-electron chi connectivity index (χ2n) is 4.81. The predicted molar refractivity (Wildman–Crippen MR) is 86.2 cm³/mol. The van der Waals surface area contributed by atoms with Gasteiger partial charge in [0.2, 0.25) is 0 Å². The van der Waals surface area contributed by atoms with E-state index < -0.39 is 11.6 Å². The minimum Gasteiger partial charge on any atom is -0.350 e. The van der Waals surface area contributed by atoms with Crippen LogP contribution < -0.4 is 5.73 Å². The van der Waals surface area contributed by atoms with E-state index in [1.807, 2.05) is 42.5 Å². The molecule has 2 N–H and O–H groups in total. The molecule has 0 aliphatic carbocycles. The SMILES string of the molecule is NC(=O)N1OCCC1(c1ccccc1)c1ccnc(I)c1. The number of pyridine rings is 1. The van der Waals surface area contributed by atoms with E-state index in [2.05, 4.69) is 27.6 Å². The first kappa shape index (κ1) is 14.3. The van der Waals surface area contributed by atoms with Crippen molar-refractivity contribution in [2.45, 2.75) is 12.0 Å². The third kappa shape index (κ3) is 2.38. The number of halogens is 1. The highest BCUT2D eigenvalue weighted by molar-refractivity contribution is 14.1. The minimum atomic E-state index is -0.698. The van der Waals surface area contributed by atoms with Crippen LogP contribution in [-0.2, 0) is 10.4 Å². The third-order valence-electron chi connectivity index (χ3n) is 3.69. The molecule has 1 aromatic heterocycles. The molecular formula is C15H14IN3O2. The van der Waals surface area contributed by atoms with E-state index >= 15 is 0 Å². The summed E-state index contributed by atoms with van der Waals surface area (Å²) in [7, 11) is 0. The maximum Gasteiger partial charge on any atom is 0.339 e. The van der Waals surface area contributed by atoms with Gasteiger partial charge in [-0.2, -0.15) is 5.06 Å². The number of hydrogen-bond acceptors (Lipinski definition) is 3. The lowest BCUT2D eigenvalue weighted by molar-refractivity contribution is -0.107. The second-order valence-corrected chi connectivity index (χ2v) is 5.91. The summed E-state index contributed by atoms with van der Waals surface area (Å²) in [5.41, 5.74) is 6.76. The summed E-state index contributed by atoms with van der Waals surface area (Å²) < 4.78 is 0.858. The van der Waals surface area contributed by atoms with Crippen LogP contribution in [0.25, 0.3) is 0 Å². The molecule has 1 aliphatic heterocycles. The largest absolute Gasteiger partial charge is 0.350 e. The van der Waals surface area contributed by atoms with Gasteiger partial charge in [0.05, 0.1) is 6.61 Å². The van der Waals surface area contributed by atoms with Crippen molar-refractivity contribution in [1.82, 2.24) is 10.0 Å². The molecule has 1 atom stereocenters. The summed E-state index contributed by atoms with van der Waals surface area (Å²) in [6.07, 6.45) is 2.39. The Labute approximate surface area is 136 Å². The van der Waals surface area contributed by atoms with Gasteiger partial charge in [-0.3, -0.25) is 9.82 Å². The maximum atomic E-state index is 11.9. The van der Waals surface area contributed by atoms with Crippen LogP contribution in [-0.4, -0.2) is 22.7 Å². The zero-order valence-electron chi connectivity index (χ0n) is 11.2. The monoisotopic (exact) mass is 395 g/mol. The molecule has 1 aromatic carbocycles. The Hall–Kier alpha value is -1.67. The predicted octanol–water partition coefficient (Wildman–Crippen LogP) is 2.65. The summed E-state index contributed by atoms with van der Waals surface area (Å²) in [4.78, 5) is 21.6. The smallest absolute Gasteiger partial charge is 0.339 e. The molecule has 1 unspecified atom stereocenters. The van der Waals surface area contributed by atoms with Crippen LogP contribution in [0.5, 0.6) is 0 Å². The molecule has 1 aliphatic rings. The zero-order valence-corrected chi connectivity index (χ0v) is 13.4. The van der Waals surface area contributed by atoms with Crippen LogP contribution in [0.1, 0.15) is 17.5 Å². The molecule has 0 spiro atoms. The van der Waals surface area contributed by atoms with Crippen molar-refractivity contribution in [2.24, 2.45) is 5.73 Å². The number of nitrogens with zero attached hydrogens (tertiary/aromatic N) is 2. The summed E-state index contributed by atoms with van der Waals surface area (Å²) >= 11 is 2.16. The number of nitrogens with two attached hydrogens (primary N) is 1. The van der Waals surface area contributed by atoms with Crippen LogP contribution in [0.2, 0.25) is 0 Å². The van der Waals surface area contributed by atoms with Crippen LogP contribution in [0.15, 0.2) is 48.7 Å². The van der Waals surface area contributed by atoms with Gasteiger partial charge in [-0.1, -0.05) is 30.3 Å². The fourth-order valence-corrected chi connectivity index (χ4v) is 3.31. The second kappa shape index (κ2) is 5.61. The summed E-state index contributed by atoms with van der Waals surface area (Å²) in [5.74, 6) is 0. The molecule has 3 rings (SSSR count). The topological polar surface area (TPSA) is 68.5 Å². The quantitative estimate of drug-likeness (QED) is 0.628. The summed E-state index contributed by atoms with van der Waals surface area (Å²) in [6, 6.07) is 13.1. The standard InChI is InChI=1S/C15H14IN3O2/c16-13-10-12(6-8-18-13)15(11-4-2-1-3-5-11)7-9-21-19(15)14(17)20/h1-6,8,10H,7,9H2,(H2,17,20). The highest BCUT2D eigenvalue weighted by Crippen LogP contribution is 2.43. The van der Waals surface area contributed by atoms with Crippen molar-refractivity contribution in [3.05, 3.63) is 63.5 Å². The molecule has 6 heteroatoms. The number of hydrogen-bond donors (Lipinski definition) is 1. The molecule has 0 bridgehead atoms. The fraction of sp³-hybridized carbons (Fsp3) is 0.200. The number of aromatic nitrogens is 1. The Morgan fingerprint density at radius 1 is 1.29 bits per heavy atom. The minimum absolute atomic E-state index is 0.441. The van der Waals surface area contributed by atoms with Crippen molar-refractivity contribution in [2.75, 3.05) is 6.61 Å². The summed E-state index contributed by atoms with van der Waals surface area (Å²) in [6.45, 7) is 0.441. The van der Waals surface area contributed by atoms with Crippen molar-refractivity contribution in [1.29, 1.82) is 0 Å². The van der Waals surface area contributed by atoms with Crippen molar-refractivity contribution in [3.63, 3.8) is 0 Å². The van der Waals surface area contributed by atoms with E-state index in [1.165, 1.54) is 5.06 Å². The van der Waals surface area contributed by atoms with Crippen LogP contribution in [0.4, 0.5) is 4.79 Å². The number of rotatable bonds is 2. The third-order valence-corrected chi connectivity index (χ3v) is 4.28. The molecule has 0 radical (unpaired) electrons. The van der Waals surface area contributed by atoms with Crippen LogP contribution >= 0.6 is 22.6 Å². The highest BCUT2D eigenvalue weighted by Gasteiger charge is 2.48. The molecule has 1 saturated heterocycles. The van der Waals surface area contributed by atoms with E-state index in [0.29, 0.717) is 13.0 Å². The first-order valence-electron chi connectivity index (χ1n) is 6.55. The molecule has 21 heavy (non-hydrogen) atoms. The Bertz CT molecular complexity index is 665. The van der Waals surface area contributed by atoms with Crippen LogP contribution in [0, 0.1) is 3.70 Å². The van der Waals surface area contributed by atoms with Crippen molar-refractivity contribution < 1.29 is 9.63 Å². The number of carbonyl (C=O) groups is 1. The van der Waals surface area contributed by atoms with E-state index in [1.54, 1.807) is 6.20 Å². The van der Waals surface area contributed by atoms with E-state index in [4.69, 9.17) is 10.6 Å². The van der Waals surface area contributed by atoms with Crippen LogP contribution in [0.3, 0.4) is 0 Å². The molecule has 2 amide bonds. The van der Waals surface area contributed by atoms with Gasteiger partial charge in [0.25, 0.3) is 0 Å². The van der Waals surface area contributed by atoms with Gasteiger partial charge >= 0.3 is 6.03 Å². The highest BCUT2D eigenvalue weighted by atomic mass is 127. The lowest BCUT2D eigenvalue weighted by Gasteiger charge is -2.36. The molecule has 0 saturated carbocycles. The molecular weight excluding hydrogens is 381 g/mol. The maximum absolute atomic E-state index is 11.9. The van der Waals surface area contributed by atoms with Crippen molar-refractivity contribution in [3.8, 4) is 0 Å². The Morgan fingerprint density at radius 2 is 2.05 bits per heavy atom. The van der Waals surface area contributed by atoms with Crippen molar-refractivity contribution >= 4 is 28.6 Å². The van der Waals surface area contributed by atoms with Gasteiger partial charge in [-0.05, 0) is 45.9 Å². The number of amides is 2. The number of carbonyl (C=O) groups excluding carboxylic acids is 1. The van der Waals surface area contributed by atoms with Gasteiger partial charge in [0, 0.05) is 12.6 Å². The fourth-order valence-electron chi connectivity index (χ4n) is 2.81. The molecule has 2 aromatic rings. The number of urea groups is 1. The van der Waals surface area contributed by atoms with E-state index in [-0.39, 0.29) is 0 Å². The first-order valence-corrected chi connectivity index (χ1v) is 7.62. The Balaban J connectivity index is 2.23. The molecule has 5 nitrogen and oxygen atoms in total. The molecule has 108 valence electrons. The van der Waals surface area contributed by atoms with E-state index in [0.717, 1.165) is 14.8 Å². The lowest BCUT2D eigenvalue weighted by atomic mass is 9.81. The van der Waals surface area contributed by atoms with Gasteiger partial charge in [-0.25, -0.2) is 4.79 Å². The molecule has 2 heterocycles. The first-order chi connectivity index (χ1) is 10.1. The summed E-state index contributed by atoms with van der Waals surface area (Å²) in [5, 5.41) is 1.29. The Kier molecular flexibility index (Phi) is 3.81. The van der Waals surface area contributed by atoms with E-state index in [9.17, 15) is 4.79 Å². The average molecular weight is 395 g/mol. The number of benzene rings is 1.